The molecule has 3 nitrogen and oxygen atoms in total. The number of benzene rings is 1. The van der Waals surface area contributed by atoms with Crippen molar-refractivity contribution in [3.63, 3.8) is 0 Å². The second-order valence-corrected chi connectivity index (χ2v) is 5.21. The van der Waals surface area contributed by atoms with Gasteiger partial charge in [-0.05, 0) is 36.0 Å². The highest BCUT2D eigenvalue weighted by atomic mass is 16.5. The number of aromatic nitrogens is 1. The van der Waals surface area contributed by atoms with Crippen LogP contribution in [0.15, 0.2) is 42.7 Å². The van der Waals surface area contributed by atoms with Gasteiger partial charge < -0.3 is 15.0 Å². The van der Waals surface area contributed by atoms with Gasteiger partial charge in [0.15, 0.2) is 0 Å². The van der Waals surface area contributed by atoms with Gasteiger partial charge in [-0.25, -0.2) is 0 Å². The van der Waals surface area contributed by atoms with Crippen LogP contribution >= 0.6 is 0 Å². The molecule has 3 heteroatoms. The fourth-order valence-corrected chi connectivity index (χ4v) is 2.70. The largest absolute Gasteiger partial charge is 0.356 e. The Bertz CT molecular complexity index is 533. The van der Waals surface area contributed by atoms with E-state index in [1.54, 1.807) is 0 Å². The summed E-state index contributed by atoms with van der Waals surface area (Å²) in [6, 6.07) is 10.5. The summed E-state index contributed by atoms with van der Waals surface area (Å²) in [4.78, 5) is 0. The first kappa shape index (κ1) is 12.5. The first-order valence-corrected chi connectivity index (χ1v) is 6.89. The van der Waals surface area contributed by atoms with E-state index in [1.165, 1.54) is 23.1 Å². The van der Waals surface area contributed by atoms with Crippen molar-refractivity contribution in [2.24, 2.45) is 5.73 Å². The van der Waals surface area contributed by atoms with E-state index in [2.05, 4.69) is 29.1 Å². The molecule has 0 fully saturated rings. The summed E-state index contributed by atoms with van der Waals surface area (Å²) in [5, 5.41) is 0. The van der Waals surface area contributed by atoms with Crippen molar-refractivity contribution in [1.82, 2.24) is 4.57 Å². The summed E-state index contributed by atoms with van der Waals surface area (Å²) in [6.45, 7) is 1.24. The van der Waals surface area contributed by atoms with Gasteiger partial charge >= 0.3 is 0 Å². The quantitative estimate of drug-likeness (QED) is 0.913. The van der Waals surface area contributed by atoms with Gasteiger partial charge in [-0.2, -0.15) is 0 Å². The van der Waals surface area contributed by atoms with Crippen molar-refractivity contribution >= 4 is 0 Å². The van der Waals surface area contributed by atoms with Crippen molar-refractivity contribution < 1.29 is 4.74 Å². The molecule has 1 heterocycles. The average molecular weight is 256 g/mol. The number of hydrogen-bond donors (Lipinski definition) is 1. The Labute approximate surface area is 114 Å². The highest BCUT2D eigenvalue weighted by molar-refractivity contribution is 5.29. The molecule has 2 N–H and O–H groups in total. The van der Waals surface area contributed by atoms with E-state index < -0.39 is 0 Å². The van der Waals surface area contributed by atoms with Crippen LogP contribution in [0.2, 0.25) is 0 Å². The smallest absolute Gasteiger partial charge is 0.122 e. The maximum absolute atomic E-state index is 6.13. The Morgan fingerprint density at radius 1 is 1.21 bits per heavy atom. The summed E-state index contributed by atoms with van der Waals surface area (Å²) in [6.07, 6.45) is 7.77. The summed E-state index contributed by atoms with van der Waals surface area (Å²) in [5.41, 5.74) is 10.0. The third-order valence-corrected chi connectivity index (χ3v) is 3.71. The number of aryl methyl sites for hydroxylation is 1. The zero-order valence-electron chi connectivity index (χ0n) is 11.1. The molecule has 1 aliphatic carbocycles. The van der Waals surface area contributed by atoms with E-state index in [1.807, 2.05) is 18.2 Å². The second kappa shape index (κ2) is 5.59. The van der Waals surface area contributed by atoms with Crippen molar-refractivity contribution in [1.29, 1.82) is 0 Å². The van der Waals surface area contributed by atoms with Gasteiger partial charge in [-0.15, -0.1) is 0 Å². The molecular formula is C16H20N2O. The number of nitrogens with zero attached hydrogens (tertiary/aromatic N) is 1. The van der Waals surface area contributed by atoms with Gasteiger partial charge in [0.1, 0.15) is 6.73 Å². The molecule has 0 spiro atoms. The van der Waals surface area contributed by atoms with Gasteiger partial charge in [-0.3, -0.25) is 0 Å². The Kier molecular flexibility index (Phi) is 3.67. The molecule has 1 unspecified atom stereocenters. The Balaban J connectivity index is 1.59. The lowest BCUT2D eigenvalue weighted by Gasteiger charge is -2.17. The van der Waals surface area contributed by atoms with E-state index >= 15 is 0 Å². The normalized spacial score (nSPS) is 18.3. The van der Waals surface area contributed by atoms with E-state index in [0.29, 0.717) is 13.3 Å². The van der Waals surface area contributed by atoms with Crippen LogP contribution < -0.4 is 5.73 Å². The van der Waals surface area contributed by atoms with Gasteiger partial charge in [0.05, 0.1) is 6.61 Å². The lowest BCUT2D eigenvalue weighted by atomic mass is 9.92. The zero-order valence-corrected chi connectivity index (χ0v) is 11.1. The molecule has 0 saturated heterocycles. The van der Waals surface area contributed by atoms with E-state index in [9.17, 15) is 0 Å². The molecule has 0 saturated carbocycles. The van der Waals surface area contributed by atoms with Crippen LogP contribution in [0.3, 0.4) is 0 Å². The third-order valence-electron chi connectivity index (χ3n) is 3.71. The predicted octanol–water partition coefficient (Wildman–Crippen LogP) is 3.00. The summed E-state index contributed by atoms with van der Waals surface area (Å²) in [7, 11) is 0. The van der Waals surface area contributed by atoms with Gasteiger partial charge in [0.25, 0.3) is 0 Å². The van der Waals surface area contributed by atoms with E-state index in [4.69, 9.17) is 10.5 Å². The lowest BCUT2D eigenvalue weighted by Crippen LogP contribution is -2.15. The topological polar surface area (TPSA) is 40.2 Å². The Morgan fingerprint density at radius 2 is 2.05 bits per heavy atom. The molecule has 2 aromatic rings. The second-order valence-electron chi connectivity index (χ2n) is 5.21. The SMILES string of the molecule is NC1CCCc2cn(COCc3ccccc3)cc21. The standard InChI is InChI=1S/C16H20N2O/c17-16-8-4-7-14-9-18(10-15(14)16)12-19-11-13-5-2-1-3-6-13/h1-3,5-6,9-10,16H,4,7-8,11-12,17H2. The first-order valence-electron chi connectivity index (χ1n) is 6.89. The van der Waals surface area contributed by atoms with Crippen molar-refractivity contribution in [3.8, 4) is 0 Å². The minimum atomic E-state index is 0.208. The molecule has 3 rings (SSSR count). The average Bonchev–Trinajstić information content (AvgIpc) is 2.84. The van der Waals surface area contributed by atoms with Crippen LogP contribution in [0.4, 0.5) is 0 Å². The third kappa shape index (κ3) is 2.88. The minimum Gasteiger partial charge on any atom is -0.356 e. The van der Waals surface area contributed by atoms with Gasteiger partial charge in [0, 0.05) is 18.4 Å². The summed E-state index contributed by atoms with van der Waals surface area (Å²) >= 11 is 0. The highest BCUT2D eigenvalue weighted by Gasteiger charge is 2.18. The number of hydrogen-bond acceptors (Lipinski definition) is 2. The maximum atomic E-state index is 6.13. The van der Waals surface area contributed by atoms with Crippen molar-refractivity contribution in [3.05, 3.63) is 59.4 Å². The number of fused-ring (bicyclic) bond motifs is 1. The first-order chi connectivity index (χ1) is 9.33. The molecule has 0 aliphatic heterocycles. The number of ether oxygens (including phenoxy) is 1. The maximum Gasteiger partial charge on any atom is 0.122 e. The van der Waals surface area contributed by atoms with E-state index in [-0.39, 0.29) is 6.04 Å². The fraction of sp³-hybridized carbons (Fsp3) is 0.375. The van der Waals surface area contributed by atoms with Crippen molar-refractivity contribution in [2.45, 2.75) is 38.6 Å². The van der Waals surface area contributed by atoms with Crippen LogP contribution in [0.5, 0.6) is 0 Å². The molecule has 19 heavy (non-hydrogen) atoms. The molecule has 0 amide bonds. The highest BCUT2D eigenvalue weighted by Crippen LogP contribution is 2.28. The molecular weight excluding hydrogens is 236 g/mol. The Morgan fingerprint density at radius 3 is 2.84 bits per heavy atom. The molecule has 0 bridgehead atoms. The predicted molar refractivity (Wildman–Crippen MR) is 75.5 cm³/mol. The lowest BCUT2D eigenvalue weighted by molar-refractivity contribution is 0.0641. The van der Waals surface area contributed by atoms with Gasteiger partial charge in [0.2, 0.25) is 0 Å². The van der Waals surface area contributed by atoms with Crippen molar-refractivity contribution in [2.75, 3.05) is 0 Å². The van der Waals surface area contributed by atoms with E-state index in [0.717, 1.165) is 12.8 Å². The van der Waals surface area contributed by atoms with Crippen LogP contribution in [0.25, 0.3) is 0 Å². The van der Waals surface area contributed by atoms with Crippen LogP contribution in [-0.4, -0.2) is 4.57 Å². The molecule has 1 aromatic carbocycles. The Hall–Kier alpha value is -1.58. The molecule has 100 valence electrons. The van der Waals surface area contributed by atoms with Crippen LogP contribution in [-0.2, 0) is 24.5 Å². The minimum absolute atomic E-state index is 0.208. The molecule has 1 aromatic heterocycles. The number of rotatable bonds is 4. The molecule has 1 atom stereocenters. The summed E-state index contributed by atoms with van der Waals surface area (Å²) in [5.74, 6) is 0. The summed E-state index contributed by atoms with van der Waals surface area (Å²) < 4.78 is 7.85. The van der Waals surface area contributed by atoms with Gasteiger partial charge in [-0.1, -0.05) is 30.3 Å². The molecule has 1 aliphatic rings. The fourth-order valence-electron chi connectivity index (χ4n) is 2.70. The van der Waals surface area contributed by atoms with Crippen LogP contribution in [0, 0.1) is 0 Å². The van der Waals surface area contributed by atoms with Crippen LogP contribution in [0.1, 0.15) is 35.6 Å². The number of nitrogens with two attached hydrogens (primary N) is 1. The zero-order chi connectivity index (χ0) is 13.1. The molecule has 0 radical (unpaired) electrons. The monoisotopic (exact) mass is 256 g/mol.